The van der Waals surface area contributed by atoms with E-state index < -0.39 is 0 Å². The lowest BCUT2D eigenvalue weighted by atomic mass is 10.0. The van der Waals surface area contributed by atoms with Gasteiger partial charge in [-0.3, -0.25) is 4.98 Å². The molecule has 2 unspecified atom stereocenters. The number of hydrogen-bond acceptors (Lipinski definition) is 3. The molecule has 1 saturated heterocycles. The SMILES string of the molecule is CC(NCC1CCCCN1)c1ccccn1.Cl. The maximum Gasteiger partial charge on any atom is 0.0570 e. The van der Waals surface area contributed by atoms with Crippen LogP contribution in [0.5, 0.6) is 0 Å². The van der Waals surface area contributed by atoms with Crippen molar-refractivity contribution in [2.75, 3.05) is 13.1 Å². The Morgan fingerprint density at radius 2 is 2.35 bits per heavy atom. The summed E-state index contributed by atoms with van der Waals surface area (Å²) >= 11 is 0. The summed E-state index contributed by atoms with van der Waals surface area (Å²) in [5, 5.41) is 7.09. The van der Waals surface area contributed by atoms with Crippen molar-refractivity contribution in [2.45, 2.75) is 38.3 Å². The van der Waals surface area contributed by atoms with E-state index in [1.807, 2.05) is 18.3 Å². The quantitative estimate of drug-likeness (QED) is 0.867. The van der Waals surface area contributed by atoms with Gasteiger partial charge in [-0.25, -0.2) is 0 Å². The number of piperidine rings is 1. The molecule has 0 aliphatic carbocycles. The summed E-state index contributed by atoms with van der Waals surface area (Å²) in [4.78, 5) is 4.36. The molecule has 0 radical (unpaired) electrons. The molecule has 2 rings (SSSR count). The zero-order chi connectivity index (χ0) is 11.2. The van der Waals surface area contributed by atoms with E-state index in [2.05, 4.69) is 28.6 Å². The van der Waals surface area contributed by atoms with Gasteiger partial charge in [0, 0.05) is 24.8 Å². The lowest BCUT2D eigenvalue weighted by Crippen LogP contribution is -2.42. The monoisotopic (exact) mass is 255 g/mol. The van der Waals surface area contributed by atoms with Gasteiger partial charge in [0.2, 0.25) is 0 Å². The lowest BCUT2D eigenvalue weighted by molar-refractivity contribution is 0.370. The number of nitrogens with one attached hydrogen (secondary N) is 2. The molecular weight excluding hydrogens is 234 g/mol. The Balaban J connectivity index is 0.00000144. The fraction of sp³-hybridized carbons (Fsp3) is 0.615. The van der Waals surface area contributed by atoms with Gasteiger partial charge in [0.15, 0.2) is 0 Å². The Bertz CT molecular complexity index is 299. The summed E-state index contributed by atoms with van der Waals surface area (Å²) in [7, 11) is 0. The van der Waals surface area contributed by atoms with Gasteiger partial charge in [0.1, 0.15) is 0 Å². The summed E-state index contributed by atoms with van der Waals surface area (Å²) in [6.45, 7) is 4.38. The van der Waals surface area contributed by atoms with E-state index in [9.17, 15) is 0 Å². The average Bonchev–Trinajstić information content (AvgIpc) is 2.38. The van der Waals surface area contributed by atoms with Gasteiger partial charge in [0.05, 0.1) is 5.69 Å². The maximum absolute atomic E-state index is 4.36. The fourth-order valence-corrected chi connectivity index (χ4v) is 2.15. The van der Waals surface area contributed by atoms with Gasteiger partial charge in [0.25, 0.3) is 0 Å². The first-order valence-corrected chi connectivity index (χ1v) is 6.24. The van der Waals surface area contributed by atoms with Crippen LogP contribution >= 0.6 is 12.4 Å². The van der Waals surface area contributed by atoms with Crippen molar-refractivity contribution in [1.29, 1.82) is 0 Å². The predicted octanol–water partition coefficient (Wildman–Crippen LogP) is 2.30. The van der Waals surface area contributed by atoms with Crippen LogP contribution in [0.1, 0.15) is 37.9 Å². The topological polar surface area (TPSA) is 37.0 Å². The number of rotatable bonds is 4. The number of halogens is 1. The standard InChI is InChI=1S/C13H21N3.ClH/c1-11(13-7-3-5-9-15-13)16-10-12-6-2-4-8-14-12;/h3,5,7,9,11-12,14,16H,2,4,6,8,10H2,1H3;1H. The molecule has 0 spiro atoms. The molecule has 0 aromatic carbocycles. The zero-order valence-corrected chi connectivity index (χ0v) is 11.2. The van der Waals surface area contributed by atoms with Crippen LogP contribution in [-0.4, -0.2) is 24.1 Å². The number of aromatic nitrogens is 1. The zero-order valence-electron chi connectivity index (χ0n) is 10.4. The summed E-state index contributed by atoms with van der Waals surface area (Å²) in [6.07, 6.45) is 5.83. The molecule has 0 saturated carbocycles. The Labute approximate surface area is 110 Å². The highest BCUT2D eigenvalue weighted by Crippen LogP contribution is 2.10. The van der Waals surface area contributed by atoms with Crippen LogP contribution in [-0.2, 0) is 0 Å². The van der Waals surface area contributed by atoms with E-state index in [1.165, 1.54) is 25.8 Å². The van der Waals surface area contributed by atoms with Crippen LogP contribution in [0.15, 0.2) is 24.4 Å². The normalized spacial score (nSPS) is 21.6. The van der Waals surface area contributed by atoms with Gasteiger partial charge in [-0.05, 0) is 38.4 Å². The number of hydrogen-bond donors (Lipinski definition) is 2. The largest absolute Gasteiger partial charge is 0.313 e. The van der Waals surface area contributed by atoms with Crippen molar-refractivity contribution < 1.29 is 0 Å². The third-order valence-electron chi connectivity index (χ3n) is 3.21. The first kappa shape index (κ1) is 14.4. The van der Waals surface area contributed by atoms with E-state index in [-0.39, 0.29) is 12.4 Å². The van der Waals surface area contributed by atoms with Gasteiger partial charge >= 0.3 is 0 Å². The summed E-state index contributed by atoms with van der Waals surface area (Å²) < 4.78 is 0. The summed E-state index contributed by atoms with van der Waals surface area (Å²) in [6, 6.07) is 7.05. The van der Waals surface area contributed by atoms with E-state index >= 15 is 0 Å². The van der Waals surface area contributed by atoms with Crippen LogP contribution in [0, 0.1) is 0 Å². The third kappa shape index (κ3) is 4.62. The highest BCUT2D eigenvalue weighted by molar-refractivity contribution is 5.85. The first-order valence-electron chi connectivity index (χ1n) is 6.24. The molecule has 1 aromatic heterocycles. The molecule has 2 atom stereocenters. The second kappa shape index (κ2) is 7.64. The Morgan fingerprint density at radius 3 is 3.00 bits per heavy atom. The highest BCUT2D eigenvalue weighted by atomic mass is 35.5. The van der Waals surface area contributed by atoms with Crippen LogP contribution < -0.4 is 10.6 Å². The Kier molecular flexibility index (Phi) is 6.48. The van der Waals surface area contributed by atoms with Crippen LogP contribution in [0.2, 0.25) is 0 Å². The van der Waals surface area contributed by atoms with Crippen molar-refractivity contribution in [2.24, 2.45) is 0 Å². The Hall–Kier alpha value is -0.640. The minimum Gasteiger partial charge on any atom is -0.313 e. The van der Waals surface area contributed by atoms with Crippen molar-refractivity contribution in [3.8, 4) is 0 Å². The third-order valence-corrected chi connectivity index (χ3v) is 3.21. The molecule has 1 aromatic rings. The maximum atomic E-state index is 4.36. The van der Waals surface area contributed by atoms with Gasteiger partial charge in [-0.15, -0.1) is 12.4 Å². The molecule has 2 N–H and O–H groups in total. The molecule has 0 amide bonds. The second-order valence-electron chi connectivity index (χ2n) is 4.53. The van der Waals surface area contributed by atoms with E-state index in [1.54, 1.807) is 0 Å². The second-order valence-corrected chi connectivity index (χ2v) is 4.53. The van der Waals surface area contributed by atoms with Crippen molar-refractivity contribution in [1.82, 2.24) is 15.6 Å². The van der Waals surface area contributed by atoms with Crippen molar-refractivity contribution in [3.05, 3.63) is 30.1 Å². The molecule has 17 heavy (non-hydrogen) atoms. The minimum atomic E-state index is 0. The molecular formula is C13H22ClN3. The lowest BCUT2D eigenvalue weighted by Gasteiger charge is -2.25. The summed E-state index contributed by atoms with van der Waals surface area (Å²) in [5.74, 6) is 0. The average molecular weight is 256 g/mol. The molecule has 2 heterocycles. The fourth-order valence-electron chi connectivity index (χ4n) is 2.15. The van der Waals surface area contributed by atoms with E-state index in [4.69, 9.17) is 0 Å². The minimum absolute atomic E-state index is 0. The van der Waals surface area contributed by atoms with Crippen LogP contribution in [0.4, 0.5) is 0 Å². The van der Waals surface area contributed by atoms with E-state index in [0.29, 0.717) is 12.1 Å². The predicted molar refractivity (Wildman–Crippen MR) is 73.5 cm³/mol. The first-order chi connectivity index (χ1) is 7.86. The molecule has 3 nitrogen and oxygen atoms in total. The van der Waals surface area contributed by atoms with Crippen molar-refractivity contribution in [3.63, 3.8) is 0 Å². The Morgan fingerprint density at radius 1 is 1.47 bits per heavy atom. The molecule has 1 aliphatic heterocycles. The summed E-state index contributed by atoms with van der Waals surface area (Å²) in [5.41, 5.74) is 1.12. The molecule has 1 fully saturated rings. The highest BCUT2D eigenvalue weighted by Gasteiger charge is 2.13. The molecule has 0 bridgehead atoms. The molecule has 4 heteroatoms. The van der Waals surface area contributed by atoms with Crippen LogP contribution in [0.25, 0.3) is 0 Å². The number of nitrogens with zero attached hydrogens (tertiary/aromatic N) is 1. The molecule has 96 valence electrons. The molecule has 1 aliphatic rings. The smallest absolute Gasteiger partial charge is 0.0570 e. The van der Waals surface area contributed by atoms with Gasteiger partial charge in [-0.2, -0.15) is 0 Å². The van der Waals surface area contributed by atoms with E-state index in [0.717, 1.165) is 12.2 Å². The van der Waals surface area contributed by atoms with Crippen molar-refractivity contribution >= 4 is 12.4 Å². The van der Waals surface area contributed by atoms with Crippen LogP contribution in [0.3, 0.4) is 0 Å². The van der Waals surface area contributed by atoms with Gasteiger partial charge < -0.3 is 10.6 Å². The van der Waals surface area contributed by atoms with Gasteiger partial charge in [-0.1, -0.05) is 12.5 Å². The number of pyridine rings is 1.